The second-order valence-electron chi connectivity index (χ2n) is 2.28. The van der Waals surface area contributed by atoms with Crippen molar-refractivity contribution < 1.29 is 9.90 Å². The number of halogens is 1. The second-order valence-corrected chi connectivity index (χ2v) is 3.59. The van der Waals surface area contributed by atoms with Crippen LogP contribution in [0.25, 0.3) is 10.3 Å². The Balaban J connectivity index is 2.46. The fourth-order valence-electron chi connectivity index (χ4n) is 0.860. The SMILES string of the molecule is O=C(O)Nc1nc2cnc(Cl)nc2s1. The van der Waals surface area contributed by atoms with E-state index in [9.17, 15) is 4.79 Å². The molecule has 0 saturated carbocycles. The van der Waals surface area contributed by atoms with Crippen molar-refractivity contribution in [2.75, 3.05) is 5.32 Å². The molecule has 0 radical (unpaired) electrons. The van der Waals surface area contributed by atoms with E-state index in [0.717, 1.165) is 11.3 Å². The molecule has 1 amide bonds. The summed E-state index contributed by atoms with van der Waals surface area (Å²) in [4.78, 5) is 22.4. The standard InChI is InChI=1S/C6H3ClN4O2S/c7-4-8-1-2-3(10-4)14-5(9-2)11-6(12)13/h1H,(H,9,11)(H,12,13). The van der Waals surface area contributed by atoms with Crippen molar-refractivity contribution in [3.63, 3.8) is 0 Å². The number of anilines is 1. The maximum absolute atomic E-state index is 10.3. The molecule has 0 unspecified atom stereocenters. The van der Waals surface area contributed by atoms with Crippen molar-refractivity contribution in [1.82, 2.24) is 15.0 Å². The van der Waals surface area contributed by atoms with Gasteiger partial charge in [0.15, 0.2) is 5.13 Å². The Labute approximate surface area is 86.6 Å². The van der Waals surface area contributed by atoms with E-state index in [4.69, 9.17) is 16.7 Å². The molecule has 0 atom stereocenters. The first kappa shape index (κ1) is 9.10. The maximum atomic E-state index is 10.3. The normalized spacial score (nSPS) is 10.4. The van der Waals surface area contributed by atoms with E-state index < -0.39 is 6.09 Å². The van der Waals surface area contributed by atoms with Gasteiger partial charge in [-0.05, 0) is 11.6 Å². The highest BCUT2D eigenvalue weighted by atomic mass is 35.5. The van der Waals surface area contributed by atoms with Crippen LogP contribution in [0.15, 0.2) is 6.20 Å². The van der Waals surface area contributed by atoms with E-state index in [2.05, 4.69) is 20.3 Å². The van der Waals surface area contributed by atoms with Crippen molar-refractivity contribution in [2.24, 2.45) is 0 Å². The first-order chi connectivity index (χ1) is 6.65. The van der Waals surface area contributed by atoms with Crippen molar-refractivity contribution in [3.05, 3.63) is 11.5 Å². The van der Waals surface area contributed by atoms with E-state index in [1.54, 1.807) is 0 Å². The van der Waals surface area contributed by atoms with Crippen molar-refractivity contribution in [1.29, 1.82) is 0 Å². The molecule has 0 bridgehead atoms. The van der Waals surface area contributed by atoms with Gasteiger partial charge in [0.25, 0.3) is 0 Å². The molecule has 2 aromatic rings. The third-order valence-corrected chi connectivity index (χ3v) is 2.40. The van der Waals surface area contributed by atoms with Crippen LogP contribution >= 0.6 is 22.9 Å². The Morgan fingerprint density at radius 3 is 3.07 bits per heavy atom. The minimum Gasteiger partial charge on any atom is -0.465 e. The minimum absolute atomic E-state index is 0.114. The predicted molar refractivity (Wildman–Crippen MR) is 51.9 cm³/mol. The number of hydrogen-bond donors (Lipinski definition) is 2. The van der Waals surface area contributed by atoms with E-state index >= 15 is 0 Å². The van der Waals surface area contributed by atoms with Gasteiger partial charge < -0.3 is 5.11 Å². The molecule has 0 aliphatic heterocycles. The molecule has 14 heavy (non-hydrogen) atoms. The van der Waals surface area contributed by atoms with Crippen LogP contribution in [0.1, 0.15) is 0 Å². The lowest BCUT2D eigenvalue weighted by molar-refractivity contribution is 0.210. The summed E-state index contributed by atoms with van der Waals surface area (Å²) in [7, 11) is 0. The Morgan fingerprint density at radius 1 is 1.57 bits per heavy atom. The van der Waals surface area contributed by atoms with Crippen LogP contribution in [0.3, 0.4) is 0 Å². The lowest BCUT2D eigenvalue weighted by Crippen LogP contribution is -2.06. The Bertz CT molecular complexity index is 500. The van der Waals surface area contributed by atoms with Gasteiger partial charge in [-0.25, -0.2) is 19.7 Å². The zero-order valence-electron chi connectivity index (χ0n) is 6.56. The highest BCUT2D eigenvalue weighted by molar-refractivity contribution is 7.21. The van der Waals surface area contributed by atoms with Gasteiger partial charge in [0.05, 0.1) is 6.20 Å². The highest BCUT2D eigenvalue weighted by Crippen LogP contribution is 2.24. The number of carbonyl (C=O) groups is 1. The van der Waals surface area contributed by atoms with Crippen LogP contribution in [-0.2, 0) is 0 Å². The monoisotopic (exact) mass is 230 g/mol. The van der Waals surface area contributed by atoms with Crippen LogP contribution in [0.5, 0.6) is 0 Å². The van der Waals surface area contributed by atoms with E-state index in [1.807, 2.05) is 0 Å². The fraction of sp³-hybridized carbons (Fsp3) is 0. The maximum Gasteiger partial charge on any atom is 0.410 e. The Morgan fingerprint density at radius 2 is 2.36 bits per heavy atom. The molecule has 2 rings (SSSR count). The zero-order valence-corrected chi connectivity index (χ0v) is 8.13. The van der Waals surface area contributed by atoms with Crippen LogP contribution in [0.4, 0.5) is 9.93 Å². The number of amides is 1. The number of carboxylic acid groups (broad SMARTS) is 1. The number of rotatable bonds is 1. The van der Waals surface area contributed by atoms with E-state index in [1.165, 1.54) is 6.20 Å². The van der Waals surface area contributed by atoms with Crippen LogP contribution in [0, 0.1) is 0 Å². The average Bonchev–Trinajstić information content (AvgIpc) is 2.44. The molecule has 0 saturated heterocycles. The summed E-state index contributed by atoms with van der Waals surface area (Å²) in [5.74, 6) is 0. The lowest BCUT2D eigenvalue weighted by atomic mass is 10.6. The molecule has 2 heterocycles. The molecule has 2 aromatic heterocycles. The summed E-state index contributed by atoms with van der Waals surface area (Å²) in [6, 6.07) is 0. The lowest BCUT2D eigenvalue weighted by Gasteiger charge is -1.89. The first-order valence-electron chi connectivity index (χ1n) is 3.44. The molecule has 0 fully saturated rings. The van der Waals surface area contributed by atoms with Crippen LogP contribution in [0.2, 0.25) is 5.28 Å². The Kier molecular flexibility index (Phi) is 2.18. The number of aromatic nitrogens is 3. The topological polar surface area (TPSA) is 88.0 Å². The summed E-state index contributed by atoms with van der Waals surface area (Å²) < 4.78 is 0. The molecular formula is C6H3ClN4O2S. The fourth-order valence-corrected chi connectivity index (χ4v) is 1.84. The first-order valence-corrected chi connectivity index (χ1v) is 4.63. The largest absolute Gasteiger partial charge is 0.465 e. The number of fused-ring (bicyclic) bond motifs is 1. The number of nitrogens with one attached hydrogen (secondary N) is 1. The summed E-state index contributed by atoms with van der Waals surface area (Å²) in [6.45, 7) is 0. The minimum atomic E-state index is -1.16. The van der Waals surface area contributed by atoms with Crippen LogP contribution < -0.4 is 5.32 Å². The molecule has 2 N–H and O–H groups in total. The third-order valence-electron chi connectivity index (χ3n) is 1.34. The molecule has 6 nitrogen and oxygen atoms in total. The van der Waals surface area contributed by atoms with Crippen LogP contribution in [-0.4, -0.2) is 26.2 Å². The quantitative estimate of drug-likeness (QED) is 0.730. The molecule has 0 aliphatic rings. The van der Waals surface area contributed by atoms with Gasteiger partial charge in [-0.15, -0.1) is 0 Å². The molecular weight excluding hydrogens is 228 g/mol. The average molecular weight is 231 g/mol. The van der Waals surface area contributed by atoms with Gasteiger partial charge >= 0.3 is 6.09 Å². The molecule has 72 valence electrons. The number of nitrogens with zero attached hydrogens (tertiary/aromatic N) is 3. The highest BCUT2D eigenvalue weighted by Gasteiger charge is 2.07. The van der Waals surface area contributed by atoms with E-state index in [0.29, 0.717) is 10.3 Å². The summed E-state index contributed by atoms with van der Waals surface area (Å²) in [5.41, 5.74) is 0.517. The third kappa shape index (κ3) is 1.73. The van der Waals surface area contributed by atoms with Gasteiger partial charge in [0.1, 0.15) is 10.3 Å². The molecule has 0 spiro atoms. The molecule has 0 aliphatic carbocycles. The van der Waals surface area contributed by atoms with Crippen molar-refractivity contribution in [2.45, 2.75) is 0 Å². The molecule has 8 heteroatoms. The summed E-state index contributed by atoms with van der Waals surface area (Å²) in [5, 5.41) is 10.9. The van der Waals surface area contributed by atoms with Crippen molar-refractivity contribution >= 4 is 44.5 Å². The summed E-state index contributed by atoms with van der Waals surface area (Å²) in [6.07, 6.45) is 0.275. The van der Waals surface area contributed by atoms with Gasteiger partial charge in [-0.2, -0.15) is 0 Å². The zero-order chi connectivity index (χ0) is 10.1. The summed E-state index contributed by atoms with van der Waals surface area (Å²) >= 11 is 6.65. The second kappa shape index (κ2) is 3.35. The number of thiazole rings is 1. The smallest absolute Gasteiger partial charge is 0.410 e. The van der Waals surface area contributed by atoms with E-state index in [-0.39, 0.29) is 10.4 Å². The van der Waals surface area contributed by atoms with Crippen molar-refractivity contribution in [3.8, 4) is 0 Å². The molecule has 0 aromatic carbocycles. The van der Waals surface area contributed by atoms with Gasteiger partial charge in [-0.1, -0.05) is 11.3 Å². The number of hydrogen-bond acceptors (Lipinski definition) is 5. The van der Waals surface area contributed by atoms with Gasteiger partial charge in [0.2, 0.25) is 5.28 Å². The van der Waals surface area contributed by atoms with Gasteiger partial charge in [0, 0.05) is 0 Å². The Hall–Kier alpha value is -1.47. The van der Waals surface area contributed by atoms with Gasteiger partial charge in [-0.3, -0.25) is 5.32 Å². The predicted octanol–water partition coefficient (Wildman–Crippen LogP) is 1.83.